The van der Waals surface area contributed by atoms with E-state index < -0.39 is 45.5 Å². The fraction of sp³-hybridized carbons (Fsp3) is 0.667. The van der Waals surface area contributed by atoms with Crippen LogP contribution < -0.4 is 16.4 Å². The van der Waals surface area contributed by atoms with Crippen LogP contribution in [0.5, 0.6) is 5.75 Å². The van der Waals surface area contributed by atoms with Gasteiger partial charge in [0.05, 0.1) is 23.8 Å². The lowest BCUT2D eigenvalue weighted by Gasteiger charge is -2.29. The fourth-order valence-electron chi connectivity index (χ4n) is 6.72. The predicted octanol–water partition coefficient (Wildman–Crippen LogP) is 3.72. The number of nitrogens with zero attached hydrogens (tertiary/aromatic N) is 2. The number of phenolic OH excluding ortho intramolecular Hbond substituents is 1. The van der Waals surface area contributed by atoms with Crippen LogP contribution in [-0.2, 0) is 37.2 Å². The number of hydrogen-bond donors (Lipinski definition) is 5. The highest BCUT2D eigenvalue weighted by Gasteiger charge is 2.30. The number of H-pyrrole nitrogens is 1. The van der Waals surface area contributed by atoms with Crippen molar-refractivity contribution in [2.24, 2.45) is 11.7 Å². The van der Waals surface area contributed by atoms with Crippen LogP contribution in [0.25, 0.3) is 0 Å². The molecule has 1 aromatic heterocycles. The molecular formula is C36H56N6O7S. The van der Waals surface area contributed by atoms with Gasteiger partial charge >= 0.3 is 5.97 Å². The summed E-state index contributed by atoms with van der Waals surface area (Å²) in [7, 11) is -3.46. The summed E-state index contributed by atoms with van der Waals surface area (Å²) >= 11 is 0. The van der Waals surface area contributed by atoms with Crippen molar-refractivity contribution in [3.8, 4) is 5.75 Å². The third-order valence-electron chi connectivity index (χ3n) is 9.50. The first-order valence-corrected chi connectivity index (χ1v) is 19.7. The Kier molecular flexibility index (Phi) is 14.3. The van der Waals surface area contributed by atoms with Crippen LogP contribution in [0.15, 0.2) is 30.7 Å². The van der Waals surface area contributed by atoms with Crippen LogP contribution in [0.2, 0.25) is 0 Å². The summed E-state index contributed by atoms with van der Waals surface area (Å²) in [6, 6.07) is 1.91. The highest BCUT2D eigenvalue weighted by atomic mass is 32.2. The SMILES string of the molecule is CC(C)(C)OC(=O)c1ccc(CC(N)C(=O)NC(Cc2c[nH]cn2)C(=O)N[C@@H](CCC2CCCCC2)CCS(=O)(=O)N2CCCCC2)cc1O. The lowest BCUT2D eigenvalue weighted by Crippen LogP contribution is -2.54. The van der Waals surface area contributed by atoms with Crippen molar-refractivity contribution >= 4 is 27.8 Å². The second-order valence-corrected chi connectivity index (χ2v) is 16.9. The number of ether oxygens (including phenoxy) is 1. The summed E-state index contributed by atoms with van der Waals surface area (Å²) in [6.07, 6.45) is 13.7. The van der Waals surface area contributed by atoms with E-state index in [1.807, 2.05) is 0 Å². The third-order valence-corrected chi connectivity index (χ3v) is 11.4. The number of aromatic hydroxyl groups is 1. The lowest BCUT2D eigenvalue weighted by molar-refractivity contribution is -0.130. The summed E-state index contributed by atoms with van der Waals surface area (Å²) in [4.78, 5) is 46.8. The molecule has 3 atom stereocenters. The molecule has 2 unspecified atom stereocenters. The van der Waals surface area contributed by atoms with Gasteiger partial charge in [0.1, 0.15) is 23.0 Å². The summed E-state index contributed by atoms with van der Waals surface area (Å²) in [5, 5.41) is 16.4. The van der Waals surface area contributed by atoms with Gasteiger partial charge in [-0.1, -0.05) is 44.6 Å². The summed E-state index contributed by atoms with van der Waals surface area (Å²) in [6.45, 7) is 6.25. The van der Waals surface area contributed by atoms with Crippen molar-refractivity contribution < 1.29 is 32.6 Å². The summed E-state index contributed by atoms with van der Waals surface area (Å²) in [5.41, 5.74) is 6.63. The molecule has 2 heterocycles. The molecule has 4 rings (SSSR count). The Labute approximate surface area is 296 Å². The van der Waals surface area contributed by atoms with Crippen LogP contribution in [0.4, 0.5) is 0 Å². The molecule has 2 fully saturated rings. The van der Waals surface area contributed by atoms with Crippen molar-refractivity contribution in [3.05, 3.63) is 47.5 Å². The van der Waals surface area contributed by atoms with Crippen LogP contribution >= 0.6 is 0 Å². The van der Waals surface area contributed by atoms with Gasteiger partial charge in [0, 0.05) is 31.7 Å². The van der Waals surface area contributed by atoms with Gasteiger partial charge in [0.25, 0.3) is 0 Å². The Bertz CT molecular complexity index is 1510. The molecule has 2 amide bonds. The number of sulfonamides is 1. The smallest absolute Gasteiger partial charge is 0.342 e. The maximum Gasteiger partial charge on any atom is 0.342 e. The van der Waals surface area contributed by atoms with Crippen LogP contribution in [0, 0.1) is 5.92 Å². The molecule has 13 nitrogen and oxygen atoms in total. The molecule has 14 heteroatoms. The highest BCUT2D eigenvalue weighted by Crippen LogP contribution is 2.28. The number of rotatable bonds is 16. The number of hydrogen-bond acceptors (Lipinski definition) is 9. The predicted molar refractivity (Wildman–Crippen MR) is 191 cm³/mol. The molecule has 2 aromatic rings. The zero-order chi connectivity index (χ0) is 36.3. The zero-order valence-corrected chi connectivity index (χ0v) is 30.6. The lowest BCUT2D eigenvalue weighted by atomic mass is 9.85. The largest absolute Gasteiger partial charge is 0.507 e. The number of amides is 2. The van der Waals surface area contributed by atoms with Gasteiger partial charge in [-0.05, 0) is 82.9 Å². The van der Waals surface area contributed by atoms with Crippen molar-refractivity contribution in [2.75, 3.05) is 18.8 Å². The first-order valence-electron chi connectivity index (χ1n) is 18.1. The van der Waals surface area contributed by atoms with Gasteiger partial charge in [0.15, 0.2) is 0 Å². The molecule has 1 aliphatic carbocycles. The van der Waals surface area contributed by atoms with Gasteiger partial charge < -0.3 is 31.2 Å². The van der Waals surface area contributed by atoms with Gasteiger partial charge in [-0.3, -0.25) is 9.59 Å². The Hall–Kier alpha value is -3.49. The van der Waals surface area contributed by atoms with Gasteiger partial charge in [0.2, 0.25) is 21.8 Å². The normalized spacial score (nSPS) is 18.2. The minimum atomic E-state index is -3.46. The number of nitrogens with two attached hydrogens (primary N) is 1. The van der Waals surface area contributed by atoms with Crippen molar-refractivity contribution in [2.45, 2.75) is 128 Å². The second-order valence-electron chi connectivity index (χ2n) is 14.8. The van der Waals surface area contributed by atoms with E-state index in [9.17, 15) is 27.9 Å². The maximum absolute atomic E-state index is 13.9. The van der Waals surface area contributed by atoms with E-state index in [4.69, 9.17) is 10.5 Å². The first-order chi connectivity index (χ1) is 23.7. The molecule has 0 bridgehead atoms. The number of piperidine rings is 1. The molecular weight excluding hydrogens is 660 g/mol. The first kappa shape index (κ1) is 39.3. The Morgan fingerprint density at radius 1 is 1.02 bits per heavy atom. The average Bonchev–Trinajstić information content (AvgIpc) is 3.59. The second kappa shape index (κ2) is 18.1. The summed E-state index contributed by atoms with van der Waals surface area (Å²) < 4.78 is 33.3. The quantitative estimate of drug-likeness (QED) is 0.161. The van der Waals surface area contributed by atoms with Crippen molar-refractivity contribution in [1.82, 2.24) is 24.9 Å². The number of carbonyl (C=O) groups is 3. The number of imidazole rings is 1. The van der Waals surface area contributed by atoms with Gasteiger partial charge in [-0.15, -0.1) is 0 Å². The minimum absolute atomic E-state index is 0.000736. The number of phenols is 1. The number of carbonyl (C=O) groups excluding carboxylic acids is 3. The van der Waals surface area contributed by atoms with Crippen LogP contribution in [-0.4, -0.2) is 88.2 Å². The maximum atomic E-state index is 13.9. The van der Waals surface area contributed by atoms with E-state index in [-0.39, 0.29) is 42.4 Å². The molecule has 1 saturated carbocycles. The molecule has 278 valence electrons. The molecule has 0 radical (unpaired) electrons. The molecule has 0 spiro atoms. The Morgan fingerprint density at radius 3 is 2.36 bits per heavy atom. The van der Waals surface area contributed by atoms with E-state index in [1.54, 1.807) is 37.3 Å². The molecule has 1 aliphatic heterocycles. The molecule has 50 heavy (non-hydrogen) atoms. The monoisotopic (exact) mass is 716 g/mol. The van der Waals surface area contributed by atoms with E-state index in [0.29, 0.717) is 36.7 Å². The van der Waals surface area contributed by atoms with Crippen molar-refractivity contribution in [1.29, 1.82) is 0 Å². The minimum Gasteiger partial charge on any atom is -0.507 e. The van der Waals surface area contributed by atoms with Gasteiger partial charge in [-0.2, -0.15) is 0 Å². The molecule has 2 aliphatic rings. The van der Waals surface area contributed by atoms with Crippen molar-refractivity contribution in [3.63, 3.8) is 0 Å². The standard InChI is InChI=1S/C36H56N6O7S/c1-36(2,3)49-35(46)29-15-13-26(21-32(29)43)20-30(37)33(44)41-31(22-28-23-38-24-39-28)34(45)40-27(14-12-25-10-6-4-7-11-25)16-19-50(47,48)42-17-8-5-9-18-42/h13,15,21,23-25,27,30-31,43H,4-12,14,16-20,22,37H2,1-3H3,(H,38,39)(H,40,45)(H,41,44)/t27-,30?,31?/m0/s1. The van der Waals surface area contributed by atoms with E-state index >= 15 is 0 Å². The topological polar surface area (TPSA) is 197 Å². The van der Waals surface area contributed by atoms with Gasteiger partial charge in [-0.25, -0.2) is 22.5 Å². The van der Waals surface area contributed by atoms with E-state index in [0.717, 1.165) is 38.5 Å². The van der Waals surface area contributed by atoms with Crippen LogP contribution in [0.3, 0.4) is 0 Å². The number of benzene rings is 1. The van der Waals surface area contributed by atoms with Crippen LogP contribution in [0.1, 0.15) is 113 Å². The van der Waals surface area contributed by atoms with E-state index in [2.05, 4.69) is 20.6 Å². The Morgan fingerprint density at radius 2 is 1.72 bits per heavy atom. The fourth-order valence-corrected chi connectivity index (χ4v) is 8.38. The molecule has 1 saturated heterocycles. The number of aromatic nitrogens is 2. The number of esters is 1. The molecule has 6 N–H and O–H groups in total. The number of nitrogens with one attached hydrogen (secondary N) is 3. The number of aromatic amines is 1. The Balaban J connectivity index is 1.43. The third kappa shape index (κ3) is 12.4. The summed E-state index contributed by atoms with van der Waals surface area (Å²) in [5.74, 6) is -1.47. The average molecular weight is 717 g/mol. The van der Waals surface area contributed by atoms with E-state index in [1.165, 1.54) is 37.7 Å². The zero-order valence-electron chi connectivity index (χ0n) is 29.8. The highest BCUT2D eigenvalue weighted by molar-refractivity contribution is 7.89. The molecule has 1 aromatic carbocycles.